The first-order valence-electron chi connectivity index (χ1n) is 8.50. The summed E-state index contributed by atoms with van der Waals surface area (Å²) in [6.07, 6.45) is 0. The number of carbonyl (C=O) groups is 1. The summed E-state index contributed by atoms with van der Waals surface area (Å²) in [5.41, 5.74) is 2.77. The molecule has 0 bridgehead atoms. The lowest BCUT2D eigenvalue weighted by Crippen LogP contribution is -2.15. The number of ether oxygens (including phenoxy) is 2. The van der Waals surface area contributed by atoms with Crippen LogP contribution in [-0.4, -0.2) is 30.9 Å². The van der Waals surface area contributed by atoms with Gasteiger partial charge in [-0.1, -0.05) is 17.8 Å². The third-order valence-electron chi connectivity index (χ3n) is 4.08. The maximum atomic E-state index is 12.4. The predicted molar refractivity (Wildman–Crippen MR) is 110 cm³/mol. The van der Waals surface area contributed by atoms with Crippen LogP contribution < -0.4 is 14.8 Å². The molecule has 0 atom stereocenters. The number of nitrogens with one attached hydrogen (secondary N) is 1. The van der Waals surface area contributed by atoms with Crippen molar-refractivity contribution in [1.29, 1.82) is 5.26 Å². The molecule has 1 aromatic heterocycles. The number of carbonyl (C=O) groups excluding carboxylic acids is 1. The molecule has 0 saturated heterocycles. The third-order valence-corrected chi connectivity index (χ3v) is 5.07. The fourth-order valence-electron chi connectivity index (χ4n) is 2.69. The number of amides is 1. The minimum atomic E-state index is -0.203. The van der Waals surface area contributed by atoms with E-state index in [-0.39, 0.29) is 11.7 Å². The Morgan fingerprint density at radius 2 is 2.00 bits per heavy atom. The Morgan fingerprint density at radius 3 is 2.71 bits per heavy atom. The van der Waals surface area contributed by atoms with Crippen LogP contribution in [0.15, 0.2) is 47.5 Å². The van der Waals surface area contributed by atoms with Gasteiger partial charge in [0.2, 0.25) is 5.91 Å². The van der Waals surface area contributed by atoms with Crippen LogP contribution >= 0.6 is 11.8 Å². The number of aromatic nitrogens is 1. The molecule has 0 aliphatic heterocycles. The van der Waals surface area contributed by atoms with Gasteiger partial charge in [0.25, 0.3) is 0 Å². The quantitative estimate of drug-likeness (QED) is 0.633. The van der Waals surface area contributed by atoms with E-state index >= 15 is 0 Å². The Hall–Kier alpha value is -3.24. The van der Waals surface area contributed by atoms with E-state index in [2.05, 4.69) is 16.4 Å². The Kier molecular flexibility index (Phi) is 6.02. The number of aryl methyl sites for hydroxylation is 1. The van der Waals surface area contributed by atoms with Crippen molar-refractivity contribution in [3.8, 4) is 17.6 Å². The molecule has 1 heterocycles. The normalized spacial score (nSPS) is 10.4. The van der Waals surface area contributed by atoms with Gasteiger partial charge in [0.15, 0.2) is 0 Å². The number of fused-ring (bicyclic) bond motifs is 1. The van der Waals surface area contributed by atoms with Gasteiger partial charge in [-0.05, 0) is 42.8 Å². The van der Waals surface area contributed by atoms with Gasteiger partial charge in [0.05, 0.1) is 36.7 Å². The van der Waals surface area contributed by atoms with Crippen LogP contribution in [0.25, 0.3) is 10.9 Å². The van der Waals surface area contributed by atoms with Crippen LogP contribution in [0.5, 0.6) is 11.5 Å². The third kappa shape index (κ3) is 4.35. The Bertz CT molecular complexity index is 1080. The lowest BCUT2D eigenvalue weighted by atomic mass is 10.1. The highest BCUT2D eigenvalue weighted by Gasteiger charge is 2.13. The molecule has 0 aliphatic rings. The van der Waals surface area contributed by atoms with Gasteiger partial charge in [-0.3, -0.25) is 4.79 Å². The zero-order chi connectivity index (χ0) is 20.1. The second kappa shape index (κ2) is 8.63. The Balaban J connectivity index is 1.78. The van der Waals surface area contributed by atoms with Gasteiger partial charge in [0, 0.05) is 11.5 Å². The second-order valence-corrected chi connectivity index (χ2v) is 7.02. The molecule has 3 rings (SSSR count). The number of hydrogen-bond donors (Lipinski definition) is 1. The number of anilines is 1. The van der Waals surface area contributed by atoms with Gasteiger partial charge < -0.3 is 14.8 Å². The number of benzene rings is 2. The summed E-state index contributed by atoms with van der Waals surface area (Å²) < 4.78 is 10.5. The van der Waals surface area contributed by atoms with Gasteiger partial charge in [0.1, 0.15) is 22.6 Å². The van der Waals surface area contributed by atoms with Crippen LogP contribution in [0.4, 0.5) is 5.69 Å². The summed E-state index contributed by atoms with van der Waals surface area (Å²) >= 11 is 1.22. The zero-order valence-corrected chi connectivity index (χ0v) is 16.6. The average Bonchev–Trinajstić information content (AvgIpc) is 2.71. The smallest absolute Gasteiger partial charge is 0.234 e. The lowest BCUT2D eigenvalue weighted by Gasteiger charge is -2.11. The number of rotatable bonds is 6. The number of nitriles is 1. The highest BCUT2D eigenvalue weighted by atomic mass is 32.2. The summed E-state index contributed by atoms with van der Waals surface area (Å²) in [4.78, 5) is 16.9. The van der Waals surface area contributed by atoms with Crippen LogP contribution in [0, 0.1) is 18.3 Å². The maximum Gasteiger partial charge on any atom is 0.234 e. The van der Waals surface area contributed by atoms with Gasteiger partial charge >= 0.3 is 0 Å². The SMILES string of the molecule is COc1ccc2cc(C#N)c(SCC(=O)Nc3cc(C)ccc3OC)nc2c1. The van der Waals surface area contributed by atoms with Crippen molar-refractivity contribution < 1.29 is 14.3 Å². The van der Waals surface area contributed by atoms with E-state index in [0.29, 0.717) is 33.3 Å². The van der Waals surface area contributed by atoms with E-state index in [1.165, 1.54) is 11.8 Å². The highest BCUT2D eigenvalue weighted by molar-refractivity contribution is 8.00. The molecule has 0 saturated carbocycles. The van der Waals surface area contributed by atoms with E-state index in [1.54, 1.807) is 26.4 Å². The number of nitrogens with zero attached hydrogens (tertiary/aromatic N) is 2. The molecular weight excluding hydrogens is 374 g/mol. The molecule has 7 heteroatoms. The van der Waals surface area contributed by atoms with Crippen LogP contribution in [0.2, 0.25) is 0 Å². The summed E-state index contributed by atoms with van der Waals surface area (Å²) in [5, 5.41) is 13.6. The molecule has 28 heavy (non-hydrogen) atoms. The molecule has 0 unspecified atom stereocenters. The predicted octanol–water partition coefficient (Wildman–Crippen LogP) is 4.16. The molecule has 142 valence electrons. The van der Waals surface area contributed by atoms with Crippen molar-refractivity contribution in [3.63, 3.8) is 0 Å². The molecule has 3 aromatic rings. The molecular formula is C21H19N3O3S. The summed E-state index contributed by atoms with van der Waals surface area (Å²) in [7, 11) is 3.14. The maximum absolute atomic E-state index is 12.4. The Labute approximate surface area is 167 Å². The average molecular weight is 393 g/mol. The fourth-order valence-corrected chi connectivity index (χ4v) is 3.45. The van der Waals surface area contributed by atoms with Gasteiger partial charge in [-0.25, -0.2) is 4.98 Å². The van der Waals surface area contributed by atoms with Crippen molar-refractivity contribution in [1.82, 2.24) is 4.98 Å². The number of pyridine rings is 1. The number of hydrogen-bond acceptors (Lipinski definition) is 6. The van der Waals surface area contributed by atoms with Crippen molar-refractivity contribution in [3.05, 3.63) is 53.6 Å². The minimum absolute atomic E-state index is 0.119. The van der Waals surface area contributed by atoms with E-state index in [4.69, 9.17) is 9.47 Å². The van der Waals surface area contributed by atoms with Crippen molar-refractivity contribution >= 4 is 34.3 Å². The lowest BCUT2D eigenvalue weighted by molar-refractivity contribution is -0.113. The second-order valence-electron chi connectivity index (χ2n) is 6.05. The van der Waals surface area contributed by atoms with Crippen LogP contribution in [0.3, 0.4) is 0 Å². The summed E-state index contributed by atoms with van der Waals surface area (Å²) in [6.45, 7) is 1.94. The zero-order valence-electron chi connectivity index (χ0n) is 15.8. The minimum Gasteiger partial charge on any atom is -0.497 e. The van der Waals surface area contributed by atoms with E-state index < -0.39 is 0 Å². The van der Waals surface area contributed by atoms with E-state index in [1.807, 2.05) is 37.3 Å². The molecule has 1 N–H and O–H groups in total. The van der Waals surface area contributed by atoms with Crippen LogP contribution in [0.1, 0.15) is 11.1 Å². The Morgan fingerprint density at radius 1 is 1.18 bits per heavy atom. The monoisotopic (exact) mass is 393 g/mol. The summed E-state index contributed by atoms with van der Waals surface area (Å²) in [5.74, 6) is 1.20. The van der Waals surface area contributed by atoms with E-state index in [0.717, 1.165) is 10.9 Å². The summed E-state index contributed by atoms with van der Waals surface area (Å²) in [6, 6.07) is 15.0. The fraction of sp³-hybridized carbons (Fsp3) is 0.190. The van der Waals surface area contributed by atoms with Gasteiger partial charge in [-0.2, -0.15) is 5.26 Å². The van der Waals surface area contributed by atoms with Crippen molar-refractivity contribution in [2.45, 2.75) is 11.9 Å². The van der Waals surface area contributed by atoms with Crippen LogP contribution in [-0.2, 0) is 4.79 Å². The van der Waals surface area contributed by atoms with Crippen molar-refractivity contribution in [2.75, 3.05) is 25.3 Å². The molecule has 1 amide bonds. The van der Waals surface area contributed by atoms with Crippen molar-refractivity contribution in [2.24, 2.45) is 0 Å². The first-order valence-corrected chi connectivity index (χ1v) is 9.49. The largest absolute Gasteiger partial charge is 0.497 e. The topological polar surface area (TPSA) is 84.2 Å². The molecule has 0 spiro atoms. The molecule has 2 aromatic carbocycles. The molecule has 0 aliphatic carbocycles. The molecule has 0 fully saturated rings. The first kappa shape index (κ1) is 19.5. The molecule has 0 radical (unpaired) electrons. The number of thioether (sulfide) groups is 1. The number of methoxy groups -OCH3 is 2. The first-order chi connectivity index (χ1) is 13.5. The highest BCUT2D eigenvalue weighted by Crippen LogP contribution is 2.28. The standard InChI is InChI=1S/C21H19N3O3S/c1-13-4-7-19(27-3)18(8-13)23-20(25)12-28-21-15(11-22)9-14-5-6-16(26-2)10-17(14)24-21/h4-10H,12H2,1-3H3,(H,23,25). The van der Waals surface area contributed by atoms with Gasteiger partial charge in [-0.15, -0.1) is 0 Å². The molecule has 6 nitrogen and oxygen atoms in total. The van der Waals surface area contributed by atoms with E-state index in [9.17, 15) is 10.1 Å².